The third kappa shape index (κ3) is 3.64. The Hall–Kier alpha value is -0.940. The molecule has 2 fully saturated rings. The minimum Gasteiger partial charge on any atom is -0.339 e. The van der Waals surface area contributed by atoms with Gasteiger partial charge in [-0.15, -0.1) is 0 Å². The van der Waals surface area contributed by atoms with Gasteiger partial charge in [0, 0.05) is 18.5 Å². The van der Waals surface area contributed by atoms with Crippen molar-refractivity contribution in [3.63, 3.8) is 0 Å². The standard InChI is InChI=1S/C16H28N4O/c1-12(2)20-10-6-4-7-13(20)11-15-18-16(19-21-15)14-8-3-5-9-17-14/h12-14,17H,3-11H2,1-2H3. The average Bonchev–Trinajstić information content (AvgIpc) is 2.97. The van der Waals surface area contributed by atoms with Gasteiger partial charge in [0.15, 0.2) is 5.82 Å². The van der Waals surface area contributed by atoms with Gasteiger partial charge in [-0.25, -0.2) is 0 Å². The van der Waals surface area contributed by atoms with Crippen LogP contribution in [0.4, 0.5) is 0 Å². The molecule has 2 atom stereocenters. The smallest absolute Gasteiger partial charge is 0.228 e. The van der Waals surface area contributed by atoms with E-state index in [0.717, 1.165) is 31.1 Å². The molecule has 21 heavy (non-hydrogen) atoms. The van der Waals surface area contributed by atoms with Gasteiger partial charge >= 0.3 is 0 Å². The molecule has 0 radical (unpaired) electrons. The Morgan fingerprint density at radius 3 is 2.86 bits per heavy atom. The largest absolute Gasteiger partial charge is 0.339 e. The molecule has 118 valence electrons. The number of rotatable bonds is 4. The molecule has 0 amide bonds. The first-order valence-corrected chi connectivity index (χ1v) is 8.55. The van der Waals surface area contributed by atoms with E-state index in [1.165, 1.54) is 38.6 Å². The van der Waals surface area contributed by atoms with Crippen molar-refractivity contribution in [3.05, 3.63) is 11.7 Å². The van der Waals surface area contributed by atoms with Crippen molar-refractivity contribution in [2.24, 2.45) is 0 Å². The lowest BCUT2D eigenvalue weighted by atomic mass is 9.98. The van der Waals surface area contributed by atoms with Crippen LogP contribution in [0.3, 0.4) is 0 Å². The summed E-state index contributed by atoms with van der Waals surface area (Å²) in [5, 5.41) is 7.69. The molecule has 2 saturated heterocycles. The zero-order valence-corrected chi connectivity index (χ0v) is 13.3. The van der Waals surface area contributed by atoms with Gasteiger partial charge in [0.1, 0.15) is 0 Å². The van der Waals surface area contributed by atoms with Crippen molar-refractivity contribution in [1.82, 2.24) is 20.4 Å². The number of hydrogen-bond donors (Lipinski definition) is 1. The van der Waals surface area contributed by atoms with Crippen LogP contribution < -0.4 is 5.32 Å². The SMILES string of the molecule is CC(C)N1CCCCC1Cc1nc(C2CCCCN2)no1. The topological polar surface area (TPSA) is 54.2 Å². The van der Waals surface area contributed by atoms with Crippen molar-refractivity contribution in [2.45, 2.75) is 76.9 Å². The van der Waals surface area contributed by atoms with Crippen LogP contribution >= 0.6 is 0 Å². The Morgan fingerprint density at radius 2 is 2.10 bits per heavy atom. The number of nitrogens with one attached hydrogen (secondary N) is 1. The first kappa shape index (κ1) is 15.0. The van der Waals surface area contributed by atoms with Crippen molar-refractivity contribution in [1.29, 1.82) is 0 Å². The molecule has 2 aliphatic heterocycles. The van der Waals surface area contributed by atoms with Crippen molar-refractivity contribution in [2.75, 3.05) is 13.1 Å². The molecule has 2 unspecified atom stereocenters. The summed E-state index contributed by atoms with van der Waals surface area (Å²) in [4.78, 5) is 7.24. The van der Waals surface area contributed by atoms with Crippen LogP contribution in [0.5, 0.6) is 0 Å². The Labute approximate surface area is 127 Å². The normalized spacial score (nSPS) is 28.1. The first-order valence-electron chi connectivity index (χ1n) is 8.55. The number of nitrogens with zero attached hydrogens (tertiary/aromatic N) is 3. The predicted octanol–water partition coefficient (Wildman–Crippen LogP) is 2.69. The van der Waals surface area contributed by atoms with E-state index in [-0.39, 0.29) is 0 Å². The summed E-state index contributed by atoms with van der Waals surface area (Å²) in [7, 11) is 0. The summed E-state index contributed by atoms with van der Waals surface area (Å²) in [6.45, 7) is 6.83. The van der Waals surface area contributed by atoms with Crippen LogP contribution in [0, 0.1) is 0 Å². The molecule has 0 aliphatic carbocycles. The van der Waals surface area contributed by atoms with Crippen LogP contribution in [0.1, 0.15) is 70.1 Å². The molecule has 0 spiro atoms. The van der Waals surface area contributed by atoms with E-state index < -0.39 is 0 Å². The van der Waals surface area contributed by atoms with Gasteiger partial charge in [-0.05, 0) is 52.6 Å². The zero-order valence-electron chi connectivity index (χ0n) is 13.3. The fourth-order valence-corrected chi connectivity index (χ4v) is 3.69. The first-order chi connectivity index (χ1) is 10.2. The Bertz CT molecular complexity index is 439. The number of piperidine rings is 2. The van der Waals surface area contributed by atoms with E-state index >= 15 is 0 Å². The quantitative estimate of drug-likeness (QED) is 0.924. The van der Waals surface area contributed by atoms with Gasteiger partial charge in [-0.3, -0.25) is 4.90 Å². The molecule has 2 aliphatic rings. The monoisotopic (exact) mass is 292 g/mol. The molecule has 1 aromatic rings. The summed E-state index contributed by atoms with van der Waals surface area (Å²) in [6.07, 6.45) is 8.42. The van der Waals surface area contributed by atoms with Gasteiger partial charge in [0.05, 0.1) is 6.04 Å². The molecular formula is C16H28N4O. The Kier molecular flexibility index (Phi) is 4.91. The van der Waals surface area contributed by atoms with Crippen molar-refractivity contribution >= 4 is 0 Å². The molecule has 1 aromatic heterocycles. The predicted molar refractivity (Wildman–Crippen MR) is 82.1 cm³/mol. The second-order valence-corrected chi connectivity index (χ2v) is 6.73. The molecule has 5 nitrogen and oxygen atoms in total. The third-order valence-corrected chi connectivity index (χ3v) is 4.85. The van der Waals surface area contributed by atoms with E-state index in [4.69, 9.17) is 4.52 Å². The van der Waals surface area contributed by atoms with Crippen LogP contribution in [-0.4, -0.2) is 40.2 Å². The number of hydrogen-bond acceptors (Lipinski definition) is 5. The number of aromatic nitrogens is 2. The highest BCUT2D eigenvalue weighted by Crippen LogP contribution is 2.24. The fraction of sp³-hybridized carbons (Fsp3) is 0.875. The van der Waals surface area contributed by atoms with Crippen LogP contribution in [-0.2, 0) is 6.42 Å². The average molecular weight is 292 g/mol. The highest BCUT2D eigenvalue weighted by Gasteiger charge is 2.27. The molecule has 3 heterocycles. The van der Waals surface area contributed by atoms with E-state index in [2.05, 4.69) is 34.2 Å². The molecule has 0 aromatic carbocycles. The zero-order chi connectivity index (χ0) is 14.7. The molecule has 0 bridgehead atoms. The Balaban J connectivity index is 1.63. The summed E-state index contributed by atoms with van der Waals surface area (Å²) in [6, 6.07) is 1.45. The lowest BCUT2D eigenvalue weighted by molar-refractivity contribution is 0.105. The lowest BCUT2D eigenvalue weighted by Gasteiger charge is -2.38. The highest BCUT2D eigenvalue weighted by molar-refractivity contribution is 4.97. The molecule has 1 N–H and O–H groups in total. The van der Waals surface area contributed by atoms with E-state index in [1.807, 2.05) is 0 Å². The van der Waals surface area contributed by atoms with Crippen molar-refractivity contribution < 1.29 is 4.52 Å². The minimum atomic E-state index is 0.295. The van der Waals surface area contributed by atoms with E-state index in [9.17, 15) is 0 Å². The van der Waals surface area contributed by atoms with Gasteiger partial charge in [-0.2, -0.15) is 4.98 Å². The van der Waals surface area contributed by atoms with Gasteiger partial charge < -0.3 is 9.84 Å². The highest BCUT2D eigenvalue weighted by atomic mass is 16.5. The van der Waals surface area contributed by atoms with Gasteiger partial charge in [0.2, 0.25) is 5.89 Å². The maximum absolute atomic E-state index is 5.52. The molecule has 5 heteroatoms. The van der Waals surface area contributed by atoms with Crippen molar-refractivity contribution in [3.8, 4) is 0 Å². The lowest BCUT2D eigenvalue weighted by Crippen LogP contribution is -2.45. The molecule has 0 saturated carbocycles. The summed E-state index contributed by atoms with van der Waals surface area (Å²) in [5.41, 5.74) is 0. The van der Waals surface area contributed by atoms with Crippen LogP contribution in [0.25, 0.3) is 0 Å². The maximum atomic E-state index is 5.52. The van der Waals surface area contributed by atoms with E-state index in [0.29, 0.717) is 18.1 Å². The van der Waals surface area contributed by atoms with Crippen LogP contribution in [0.15, 0.2) is 4.52 Å². The number of likely N-dealkylation sites (tertiary alicyclic amines) is 1. The molecule has 3 rings (SSSR count). The van der Waals surface area contributed by atoms with E-state index in [1.54, 1.807) is 0 Å². The maximum Gasteiger partial charge on any atom is 0.228 e. The second kappa shape index (κ2) is 6.88. The van der Waals surface area contributed by atoms with Crippen LogP contribution in [0.2, 0.25) is 0 Å². The summed E-state index contributed by atoms with van der Waals surface area (Å²) in [5.74, 6) is 1.67. The van der Waals surface area contributed by atoms with Gasteiger partial charge in [0.25, 0.3) is 0 Å². The van der Waals surface area contributed by atoms with Gasteiger partial charge in [-0.1, -0.05) is 18.0 Å². The summed E-state index contributed by atoms with van der Waals surface area (Å²) >= 11 is 0. The Morgan fingerprint density at radius 1 is 1.24 bits per heavy atom. The fourth-order valence-electron chi connectivity index (χ4n) is 3.69. The minimum absolute atomic E-state index is 0.295. The third-order valence-electron chi connectivity index (χ3n) is 4.85. The summed E-state index contributed by atoms with van der Waals surface area (Å²) < 4.78 is 5.52. The second-order valence-electron chi connectivity index (χ2n) is 6.73. The molecular weight excluding hydrogens is 264 g/mol.